The number of hydrogen-bond acceptors (Lipinski definition) is 3. The van der Waals surface area contributed by atoms with Crippen molar-refractivity contribution in [3.63, 3.8) is 0 Å². The number of rotatable bonds is 5. The van der Waals surface area contributed by atoms with Crippen molar-refractivity contribution in [2.24, 2.45) is 11.3 Å². The molecule has 0 bridgehead atoms. The third kappa shape index (κ3) is 2.46. The van der Waals surface area contributed by atoms with E-state index < -0.39 is 0 Å². The molecule has 0 amide bonds. The SMILES string of the molecule is CNCC1(Cc2ccc(Cl)s2)CCOC1C1CC1. The minimum Gasteiger partial charge on any atom is -0.377 e. The van der Waals surface area contributed by atoms with E-state index in [4.69, 9.17) is 16.3 Å². The van der Waals surface area contributed by atoms with E-state index in [2.05, 4.69) is 11.4 Å². The summed E-state index contributed by atoms with van der Waals surface area (Å²) in [6.45, 7) is 1.96. The summed E-state index contributed by atoms with van der Waals surface area (Å²) in [6.07, 6.45) is 5.42. The third-order valence-corrected chi connectivity index (χ3v) is 5.47. The fourth-order valence-corrected chi connectivity index (χ4v) is 4.57. The topological polar surface area (TPSA) is 21.3 Å². The molecule has 2 nitrogen and oxygen atoms in total. The van der Waals surface area contributed by atoms with E-state index in [1.807, 2.05) is 13.1 Å². The summed E-state index contributed by atoms with van der Waals surface area (Å²) >= 11 is 7.77. The first-order valence-corrected chi connectivity index (χ1v) is 7.93. The van der Waals surface area contributed by atoms with E-state index >= 15 is 0 Å². The predicted octanol–water partition coefficient (Wildman–Crippen LogP) is 3.35. The zero-order valence-electron chi connectivity index (χ0n) is 10.7. The van der Waals surface area contributed by atoms with E-state index in [1.165, 1.54) is 24.1 Å². The van der Waals surface area contributed by atoms with Gasteiger partial charge >= 0.3 is 0 Å². The number of nitrogens with one attached hydrogen (secondary N) is 1. The molecular weight excluding hydrogens is 266 g/mol. The highest BCUT2D eigenvalue weighted by molar-refractivity contribution is 7.16. The Labute approximate surface area is 118 Å². The number of hydrogen-bond donors (Lipinski definition) is 1. The maximum absolute atomic E-state index is 6.06. The molecule has 1 N–H and O–H groups in total. The summed E-state index contributed by atoms with van der Waals surface area (Å²) in [6, 6.07) is 4.18. The van der Waals surface area contributed by atoms with Gasteiger partial charge in [-0.25, -0.2) is 0 Å². The lowest BCUT2D eigenvalue weighted by Gasteiger charge is -2.34. The van der Waals surface area contributed by atoms with Gasteiger partial charge in [-0.2, -0.15) is 0 Å². The smallest absolute Gasteiger partial charge is 0.0931 e. The van der Waals surface area contributed by atoms with E-state index in [0.29, 0.717) is 6.10 Å². The van der Waals surface area contributed by atoms with Crippen LogP contribution in [0.15, 0.2) is 12.1 Å². The number of thiophene rings is 1. The van der Waals surface area contributed by atoms with Gasteiger partial charge in [0.2, 0.25) is 0 Å². The van der Waals surface area contributed by atoms with Crippen LogP contribution in [0.25, 0.3) is 0 Å². The molecular formula is C14H20ClNOS. The standard InChI is InChI=1S/C14H20ClNOS/c1-16-9-14(8-11-4-5-12(15)18-11)6-7-17-13(14)10-2-3-10/h4-5,10,13,16H,2-3,6-9H2,1H3. The molecule has 2 atom stereocenters. The summed E-state index contributed by atoms with van der Waals surface area (Å²) in [5.74, 6) is 0.802. The van der Waals surface area contributed by atoms with Gasteiger partial charge in [0.1, 0.15) is 0 Å². The van der Waals surface area contributed by atoms with Crippen molar-refractivity contribution < 1.29 is 4.74 Å². The van der Waals surface area contributed by atoms with E-state index in [9.17, 15) is 0 Å². The second-order valence-corrected chi connectivity index (χ2v) is 7.45. The fraction of sp³-hybridized carbons (Fsp3) is 0.714. The predicted molar refractivity (Wildman–Crippen MR) is 76.5 cm³/mol. The zero-order valence-corrected chi connectivity index (χ0v) is 12.3. The van der Waals surface area contributed by atoms with Crippen molar-refractivity contribution in [3.8, 4) is 0 Å². The van der Waals surface area contributed by atoms with Crippen LogP contribution in [0.4, 0.5) is 0 Å². The van der Waals surface area contributed by atoms with Gasteiger partial charge in [-0.3, -0.25) is 0 Å². The molecule has 0 radical (unpaired) electrons. The van der Waals surface area contributed by atoms with Gasteiger partial charge in [-0.05, 0) is 50.8 Å². The quantitative estimate of drug-likeness (QED) is 0.896. The molecule has 2 unspecified atom stereocenters. The van der Waals surface area contributed by atoms with Crippen LogP contribution in [0.5, 0.6) is 0 Å². The molecule has 2 fully saturated rings. The Bertz CT molecular complexity index is 418. The maximum atomic E-state index is 6.06. The molecule has 100 valence electrons. The average molecular weight is 286 g/mol. The van der Waals surface area contributed by atoms with E-state index in [-0.39, 0.29) is 5.41 Å². The Morgan fingerprint density at radius 2 is 2.33 bits per heavy atom. The third-order valence-electron chi connectivity index (χ3n) is 4.24. The monoisotopic (exact) mass is 285 g/mol. The van der Waals surface area contributed by atoms with Crippen LogP contribution in [0.1, 0.15) is 24.1 Å². The van der Waals surface area contributed by atoms with Crippen molar-refractivity contribution >= 4 is 22.9 Å². The summed E-state index contributed by atoms with van der Waals surface area (Å²) in [7, 11) is 2.05. The molecule has 1 aliphatic heterocycles. The van der Waals surface area contributed by atoms with Crippen molar-refractivity contribution in [3.05, 3.63) is 21.3 Å². The Morgan fingerprint density at radius 3 is 2.94 bits per heavy atom. The first-order valence-electron chi connectivity index (χ1n) is 6.74. The van der Waals surface area contributed by atoms with Crippen molar-refractivity contribution in [1.82, 2.24) is 5.32 Å². The summed E-state index contributed by atoms with van der Waals surface area (Å²) in [5.41, 5.74) is 0.282. The van der Waals surface area contributed by atoms with Crippen molar-refractivity contribution in [2.75, 3.05) is 20.2 Å². The van der Waals surface area contributed by atoms with E-state index in [0.717, 1.165) is 29.8 Å². The van der Waals surface area contributed by atoms with Gasteiger partial charge in [-0.15, -0.1) is 11.3 Å². The van der Waals surface area contributed by atoms with Gasteiger partial charge in [0.25, 0.3) is 0 Å². The molecule has 2 aliphatic rings. The summed E-state index contributed by atoms with van der Waals surface area (Å²) < 4.78 is 6.95. The molecule has 3 rings (SSSR count). The highest BCUT2D eigenvalue weighted by Crippen LogP contribution is 2.49. The van der Waals surface area contributed by atoms with Gasteiger partial charge in [0.15, 0.2) is 0 Å². The van der Waals surface area contributed by atoms with Gasteiger partial charge in [-0.1, -0.05) is 11.6 Å². The van der Waals surface area contributed by atoms with Crippen molar-refractivity contribution in [2.45, 2.75) is 31.8 Å². The molecule has 18 heavy (non-hydrogen) atoms. The minimum absolute atomic E-state index is 0.282. The maximum Gasteiger partial charge on any atom is 0.0931 e. The molecule has 1 saturated heterocycles. The van der Waals surface area contributed by atoms with Crippen LogP contribution in [0.2, 0.25) is 4.34 Å². The summed E-state index contributed by atoms with van der Waals surface area (Å²) in [5, 5.41) is 3.38. The fourth-order valence-electron chi connectivity index (χ4n) is 3.33. The van der Waals surface area contributed by atoms with Crippen LogP contribution in [0.3, 0.4) is 0 Å². The largest absolute Gasteiger partial charge is 0.377 e. The van der Waals surface area contributed by atoms with Crippen LogP contribution >= 0.6 is 22.9 Å². The van der Waals surface area contributed by atoms with Crippen molar-refractivity contribution in [1.29, 1.82) is 0 Å². The normalized spacial score (nSPS) is 32.0. The Morgan fingerprint density at radius 1 is 1.50 bits per heavy atom. The lowest BCUT2D eigenvalue weighted by atomic mass is 9.75. The molecule has 1 aliphatic carbocycles. The highest BCUT2D eigenvalue weighted by atomic mass is 35.5. The first-order chi connectivity index (χ1) is 8.73. The lowest BCUT2D eigenvalue weighted by molar-refractivity contribution is 0.0318. The summed E-state index contributed by atoms with van der Waals surface area (Å²) in [4.78, 5) is 1.39. The zero-order chi connectivity index (χ0) is 12.6. The second kappa shape index (κ2) is 5.12. The highest BCUT2D eigenvalue weighted by Gasteiger charge is 2.50. The molecule has 0 aromatic carbocycles. The lowest BCUT2D eigenvalue weighted by Crippen LogP contribution is -2.42. The van der Waals surface area contributed by atoms with Crippen LogP contribution in [-0.4, -0.2) is 26.3 Å². The molecule has 4 heteroatoms. The molecule has 1 aromatic heterocycles. The first kappa shape index (κ1) is 12.9. The average Bonchev–Trinajstić information content (AvgIpc) is 2.98. The Balaban J connectivity index is 1.81. The Kier molecular flexibility index (Phi) is 3.68. The van der Waals surface area contributed by atoms with Gasteiger partial charge in [0, 0.05) is 23.4 Å². The van der Waals surface area contributed by atoms with Crippen LogP contribution < -0.4 is 5.32 Å². The number of ether oxygens (including phenoxy) is 1. The minimum atomic E-state index is 0.282. The van der Waals surface area contributed by atoms with Crippen LogP contribution in [-0.2, 0) is 11.2 Å². The van der Waals surface area contributed by atoms with E-state index in [1.54, 1.807) is 11.3 Å². The molecule has 0 spiro atoms. The van der Waals surface area contributed by atoms with Gasteiger partial charge in [0.05, 0.1) is 10.4 Å². The molecule has 1 aromatic rings. The van der Waals surface area contributed by atoms with Gasteiger partial charge < -0.3 is 10.1 Å². The van der Waals surface area contributed by atoms with Crippen LogP contribution in [0, 0.1) is 11.3 Å². The number of halogens is 1. The Hall–Kier alpha value is -0.0900. The molecule has 1 saturated carbocycles. The second-order valence-electron chi connectivity index (χ2n) is 5.65. The molecule has 2 heterocycles.